The second kappa shape index (κ2) is 8.02. The molecule has 0 aliphatic heterocycles. The van der Waals surface area contributed by atoms with E-state index in [0.29, 0.717) is 11.4 Å². The number of benzene rings is 2. The van der Waals surface area contributed by atoms with Crippen LogP contribution in [0.2, 0.25) is 0 Å². The maximum atomic E-state index is 12.6. The molecule has 1 atom stereocenters. The molecule has 0 heterocycles. The standard InChI is InChI=1S/C19H21NO3S/c1-13-5-11-18(12-6-13)24-19(22)14(2)20(15(3)21)16-7-9-17(23-4)10-8-16/h5-12,14H,1-4H3. The first-order valence-corrected chi connectivity index (χ1v) is 8.46. The lowest BCUT2D eigenvalue weighted by Crippen LogP contribution is -2.41. The summed E-state index contributed by atoms with van der Waals surface area (Å²) < 4.78 is 5.13. The maximum Gasteiger partial charge on any atom is 0.224 e. The molecule has 1 unspecified atom stereocenters. The molecule has 5 heteroatoms. The summed E-state index contributed by atoms with van der Waals surface area (Å²) in [5, 5.41) is -0.0788. The van der Waals surface area contributed by atoms with Crippen molar-refractivity contribution in [3.63, 3.8) is 0 Å². The number of amides is 1. The van der Waals surface area contributed by atoms with Crippen LogP contribution in [0, 0.1) is 6.92 Å². The van der Waals surface area contributed by atoms with E-state index >= 15 is 0 Å². The van der Waals surface area contributed by atoms with E-state index in [2.05, 4.69) is 0 Å². The van der Waals surface area contributed by atoms with E-state index < -0.39 is 6.04 Å². The molecule has 2 aromatic carbocycles. The molecule has 0 N–H and O–H groups in total. The molecule has 0 saturated carbocycles. The monoisotopic (exact) mass is 343 g/mol. The predicted molar refractivity (Wildman–Crippen MR) is 97.7 cm³/mol. The van der Waals surface area contributed by atoms with Gasteiger partial charge in [-0.3, -0.25) is 9.59 Å². The second-order valence-corrected chi connectivity index (χ2v) is 6.58. The zero-order valence-corrected chi connectivity index (χ0v) is 15.1. The highest BCUT2D eigenvalue weighted by Crippen LogP contribution is 2.26. The molecule has 2 rings (SSSR count). The van der Waals surface area contributed by atoms with Crippen molar-refractivity contribution in [1.82, 2.24) is 0 Å². The molecule has 0 saturated heterocycles. The van der Waals surface area contributed by atoms with Gasteiger partial charge in [-0.2, -0.15) is 0 Å². The minimum absolute atomic E-state index is 0.0788. The van der Waals surface area contributed by atoms with Crippen LogP contribution >= 0.6 is 11.8 Å². The Balaban J connectivity index is 2.18. The van der Waals surface area contributed by atoms with E-state index in [0.717, 1.165) is 22.2 Å². The normalized spacial score (nSPS) is 11.7. The van der Waals surface area contributed by atoms with Gasteiger partial charge in [-0.25, -0.2) is 0 Å². The highest BCUT2D eigenvalue weighted by atomic mass is 32.2. The molecule has 0 fully saturated rings. The largest absolute Gasteiger partial charge is 0.497 e. The topological polar surface area (TPSA) is 46.6 Å². The average molecular weight is 343 g/mol. The molecule has 0 aliphatic carbocycles. The van der Waals surface area contributed by atoms with E-state index in [9.17, 15) is 9.59 Å². The van der Waals surface area contributed by atoms with E-state index in [1.165, 1.54) is 11.8 Å². The molecule has 0 spiro atoms. The van der Waals surface area contributed by atoms with Gasteiger partial charge in [-0.15, -0.1) is 0 Å². The van der Waals surface area contributed by atoms with Crippen LogP contribution in [0.3, 0.4) is 0 Å². The van der Waals surface area contributed by atoms with Crippen molar-refractivity contribution in [3.05, 3.63) is 54.1 Å². The van der Waals surface area contributed by atoms with Gasteiger partial charge < -0.3 is 9.64 Å². The van der Waals surface area contributed by atoms with Gasteiger partial charge in [-0.1, -0.05) is 17.7 Å². The minimum atomic E-state index is -0.567. The maximum absolute atomic E-state index is 12.6. The molecule has 0 aromatic heterocycles. The summed E-state index contributed by atoms with van der Waals surface area (Å²) in [5.41, 5.74) is 1.82. The predicted octanol–water partition coefficient (Wildman–Crippen LogP) is 4.06. The highest BCUT2D eigenvalue weighted by Gasteiger charge is 2.25. The minimum Gasteiger partial charge on any atom is -0.497 e. The smallest absolute Gasteiger partial charge is 0.224 e. The lowest BCUT2D eigenvalue weighted by Gasteiger charge is -2.27. The molecular weight excluding hydrogens is 322 g/mol. The second-order valence-electron chi connectivity index (χ2n) is 5.50. The molecule has 126 valence electrons. The molecule has 1 amide bonds. The molecule has 0 radical (unpaired) electrons. The van der Waals surface area contributed by atoms with Crippen LogP contribution < -0.4 is 9.64 Å². The third-order valence-corrected chi connectivity index (χ3v) is 4.71. The number of anilines is 1. The van der Waals surface area contributed by atoms with Crippen molar-refractivity contribution in [1.29, 1.82) is 0 Å². The van der Waals surface area contributed by atoms with Crippen LogP contribution in [0.15, 0.2) is 53.4 Å². The number of nitrogens with zero attached hydrogens (tertiary/aromatic N) is 1. The summed E-state index contributed by atoms with van der Waals surface area (Å²) in [5.74, 6) is 0.529. The fraction of sp³-hybridized carbons (Fsp3) is 0.263. The zero-order chi connectivity index (χ0) is 17.7. The fourth-order valence-electron chi connectivity index (χ4n) is 2.33. The van der Waals surface area contributed by atoms with Gasteiger partial charge in [0, 0.05) is 17.5 Å². The van der Waals surface area contributed by atoms with Crippen LogP contribution in [0.25, 0.3) is 0 Å². The molecule has 4 nitrogen and oxygen atoms in total. The Morgan fingerprint density at radius 1 is 1.04 bits per heavy atom. The molecule has 0 aliphatic rings. The Hall–Kier alpha value is -2.27. The average Bonchev–Trinajstić information content (AvgIpc) is 2.57. The number of hydrogen-bond donors (Lipinski definition) is 0. The third kappa shape index (κ3) is 4.38. The highest BCUT2D eigenvalue weighted by molar-refractivity contribution is 8.13. The fourth-order valence-corrected chi connectivity index (χ4v) is 3.11. The van der Waals surface area contributed by atoms with Gasteiger partial charge in [0.15, 0.2) is 0 Å². The van der Waals surface area contributed by atoms with Crippen molar-refractivity contribution in [2.24, 2.45) is 0 Å². The number of aryl methyl sites for hydroxylation is 1. The van der Waals surface area contributed by atoms with Crippen molar-refractivity contribution in [3.8, 4) is 5.75 Å². The Labute approximate surface area is 146 Å². The summed E-state index contributed by atoms with van der Waals surface area (Å²) in [6, 6.07) is 14.3. The van der Waals surface area contributed by atoms with Gasteiger partial charge in [0.25, 0.3) is 0 Å². The first kappa shape index (κ1) is 18.1. The van der Waals surface area contributed by atoms with E-state index in [1.54, 1.807) is 38.3 Å². The van der Waals surface area contributed by atoms with Gasteiger partial charge in [0.1, 0.15) is 11.8 Å². The van der Waals surface area contributed by atoms with Gasteiger partial charge in [-0.05, 0) is 62.0 Å². The first-order valence-electron chi connectivity index (χ1n) is 7.64. The number of ether oxygens (including phenoxy) is 1. The Bertz CT molecular complexity index is 710. The Morgan fingerprint density at radius 3 is 2.12 bits per heavy atom. The van der Waals surface area contributed by atoms with E-state index in [4.69, 9.17) is 4.74 Å². The SMILES string of the molecule is COc1ccc(N(C(C)=O)C(C)C(=O)Sc2ccc(C)cc2)cc1. The molecule has 0 bridgehead atoms. The quantitative estimate of drug-likeness (QED) is 0.768. The number of thioether (sulfide) groups is 1. The van der Waals surface area contributed by atoms with E-state index in [-0.39, 0.29) is 11.0 Å². The molecule has 2 aromatic rings. The lowest BCUT2D eigenvalue weighted by atomic mass is 10.2. The summed E-state index contributed by atoms with van der Waals surface area (Å²) in [4.78, 5) is 27.0. The summed E-state index contributed by atoms with van der Waals surface area (Å²) in [6.45, 7) is 5.21. The van der Waals surface area contributed by atoms with Crippen molar-refractivity contribution in [2.75, 3.05) is 12.0 Å². The number of methoxy groups -OCH3 is 1. The first-order chi connectivity index (χ1) is 11.4. The Kier molecular flexibility index (Phi) is 6.04. The number of carbonyl (C=O) groups excluding carboxylic acids is 2. The van der Waals surface area contributed by atoms with Crippen molar-refractivity contribution < 1.29 is 14.3 Å². The van der Waals surface area contributed by atoms with Gasteiger partial charge >= 0.3 is 0 Å². The third-order valence-electron chi connectivity index (χ3n) is 3.66. The van der Waals surface area contributed by atoms with Gasteiger partial charge in [0.2, 0.25) is 11.0 Å². The number of carbonyl (C=O) groups is 2. The summed E-state index contributed by atoms with van der Waals surface area (Å²) in [7, 11) is 1.59. The molecular formula is C19H21NO3S. The lowest BCUT2D eigenvalue weighted by molar-refractivity contribution is -0.120. The van der Waals surface area contributed by atoms with Crippen LogP contribution in [-0.2, 0) is 9.59 Å². The number of rotatable bonds is 5. The van der Waals surface area contributed by atoms with Crippen LogP contribution in [0.1, 0.15) is 19.4 Å². The summed E-state index contributed by atoms with van der Waals surface area (Å²) in [6.07, 6.45) is 0. The van der Waals surface area contributed by atoms with Crippen LogP contribution in [-0.4, -0.2) is 24.2 Å². The number of hydrogen-bond acceptors (Lipinski definition) is 4. The Morgan fingerprint density at radius 2 is 1.62 bits per heavy atom. The van der Waals surface area contributed by atoms with Crippen LogP contribution in [0.5, 0.6) is 5.75 Å². The summed E-state index contributed by atoms with van der Waals surface area (Å²) >= 11 is 1.15. The zero-order valence-electron chi connectivity index (χ0n) is 14.3. The van der Waals surface area contributed by atoms with Gasteiger partial charge in [0.05, 0.1) is 7.11 Å². The van der Waals surface area contributed by atoms with Crippen LogP contribution in [0.4, 0.5) is 5.69 Å². The van der Waals surface area contributed by atoms with E-state index in [1.807, 2.05) is 31.2 Å². The van der Waals surface area contributed by atoms with Crippen molar-refractivity contribution in [2.45, 2.75) is 31.7 Å². The molecule has 24 heavy (non-hydrogen) atoms. The van der Waals surface area contributed by atoms with Crippen molar-refractivity contribution >= 4 is 28.5 Å².